The van der Waals surface area contributed by atoms with Crippen LogP contribution >= 0.6 is 0 Å². The standard InChI is InChI=1S/C37H40O10/c1-5-27(45-35(39)26-19-13-8-14-20-26)31-29(46-37(2,3)47-31)21-28-30(38)32(42-22-24-15-9-6-10-16-24)33(34(44-28)36(40)41-4)43-23-25-17-11-7-12-18-25/h5-20,27-29,31-34H,1,21-23H2,2-4H3/t27-,28-,29-,31-,32-,33+,34+/m1/s1. The highest BCUT2D eigenvalue weighted by molar-refractivity contribution is 5.91. The van der Waals surface area contributed by atoms with Gasteiger partial charge in [0.2, 0.25) is 0 Å². The molecule has 248 valence electrons. The molecule has 0 aromatic heterocycles. The zero-order chi connectivity index (χ0) is 33.4. The second kappa shape index (κ2) is 15.6. The van der Waals surface area contributed by atoms with Gasteiger partial charge in [0.25, 0.3) is 0 Å². The van der Waals surface area contributed by atoms with Gasteiger partial charge in [-0.2, -0.15) is 0 Å². The topological polar surface area (TPSA) is 116 Å². The second-order valence-electron chi connectivity index (χ2n) is 11.8. The molecule has 0 amide bonds. The van der Waals surface area contributed by atoms with Crippen molar-refractivity contribution in [3.63, 3.8) is 0 Å². The van der Waals surface area contributed by atoms with Crippen molar-refractivity contribution >= 4 is 17.7 Å². The Hall–Kier alpha value is -4.19. The number of Topliss-reactive ketones (excluding diaryl/α,β-unsaturated/α-hetero) is 1. The van der Waals surface area contributed by atoms with E-state index in [4.69, 9.17) is 33.2 Å². The van der Waals surface area contributed by atoms with Gasteiger partial charge in [-0.1, -0.05) is 85.4 Å². The quantitative estimate of drug-likeness (QED) is 0.186. The van der Waals surface area contributed by atoms with Crippen molar-refractivity contribution in [1.29, 1.82) is 0 Å². The maximum Gasteiger partial charge on any atom is 0.338 e. The van der Waals surface area contributed by atoms with Crippen molar-refractivity contribution in [3.05, 3.63) is 120 Å². The number of carbonyl (C=O) groups excluding carboxylic acids is 3. The van der Waals surface area contributed by atoms with E-state index in [2.05, 4.69) is 6.58 Å². The van der Waals surface area contributed by atoms with E-state index < -0.39 is 66.2 Å². The summed E-state index contributed by atoms with van der Waals surface area (Å²) in [5.41, 5.74) is 2.04. The van der Waals surface area contributed by atoms with Crippen LogP contribution in [-0.2, 0) is 56.0 Å². The van der Waals surface area contributed by atoms with Gasteiger partial charge in [0.15, 0.2) is 17.7 Å². The van der Waals surface area contributed by atoms with Crippen molar-refractivity contribution in [1.82, 2.24) is 0 Å². The molecule has 0 spiro atoms. The summed E-state index contributed by atoms with van der Waals surface area (Å²) in [6.07, 6.45) is -5.86. The van der Waals surface area contributed by atoms with Crippen LogP contribution in [0.2, 0.25) is 0 Å². The molecule has 2 aliphatic heterocycles. The van der Waals surface area contributed by atoms with Gasteiger partial charge in [0.05, 0.1) is 32.0 Å². The largest absolute Gasteiger partial charge is 0.467 e. The molecule has 0 bridgehead atoms. The summed E-state index contributed by atoms with van der Waals surface area (Å²) in [6, 6.07) is 27.3. The Bertz CT molecular complexity index is 1490. The van der Waals surface area contributed by atoms with Crippen LogP contribution in [0.5, 0.6) is 0 Å². The number of rotatable bonds is 13. The van der Waals surface area contributed by atoms with Gasteiger partial charge in [-0.25, -0.2) is 9.59 Å². The first-order valence-electron chi connectivity index (χ1n) is 15.5. The lowest BCUT2D eigenvalue weighted by Gasteiger charge is -2.40. The predicted octanol–water partition coefficient (Wildman–Crippen LogP) is 4.99. The van der Waals surface area contributed by atoms with Crippen LogP contribution in [0.4, 0.5) is 0 Å². The van der Waals surface area contributed by atoms with E-state index >= 15 is 0 Å². The molecule has 3 aromatic rings. The van der Waals surface area contributed by atoms with Gasteiger partial charge >= 0.3 is 11.9 Å². The van der Waals surface area contributed by atoms with Gasteiger partial charge in [0, 0.05) is 6.42 Å². The molecule has 0 N–H and O–H groups in total. The molecule has 0 saturated carbocycles. The molecule has 3 aromatic carbocycles. The van der Waals surface area contributed by atoms with Crippen LogP contribution in [0.1, 0.15) is 41.8 Å². The number of ketones is 1. The van der Waals surface area contributed by atoms with Crippen LogP contribution in [-0.4, -0.2) is 73.3 Å². The van der Waals surface area contributed by atoms with Crippen molar-refractivity contribution < 1.29 is 47.5 Å². The first-order valence-corrected chi connectivity index (χ1v) is 15.5. The summed E-state index contributed by atoms with van der Waals surface area (Å²) in [5.74, 6) is -2.79. The molecule has 0 aliphatic carbocycles. The highest BCUT2D eigenvalue weighted by Gasteiger charge is 2.53. The van der Waals surface area contributed by atoms with E-state index in [1.165, 1.54) is 13.2 Å². The SMILES string of the molecule is C=C[C@@H](OC(=O)c1ccccc1)[C@H]1OC(C)(C)O[C@@H]1C[C@H]1O[C@H](C(=O)OC)[C@@H](OCc2ccccc2)[C@H](OCc2ccccc2)C1=O. The van der Waals surface area contributed by atoms with E-state index in [1.54, 1.807) is 44.2 Å². The fourth-order valence-electron chi connectivity index (χ4n) is 5.73. The van der Waals surface area contributed by atoms with E-state index in [1.807, 2.05) is 60.7 Å². The number of methoxy groups -OCH3 is 1. The minimum absolute atomic E-state index is 0.0374. The molecular weight excluding hydrogens is 604 g/mol. The Labute approximate surface area is 274 Å². The Morgan fingerprint density at radius 2 is 1.45 bits per heavy atom. The summed E-state index contributed by atoms with van der Waals surface area (Å²) >= 11 is 0. The average molecular weight is 645 g/mol. The predicted molar refractivity (Wildman–Crippen MR) is 170 cm³/mol. The van der Waals surface area contributed by atoms with Crippen LogP contribution in [0.15, 0.2) is 104 Å². The van der Waals surface area contributed by atoms with Gasteiger partial charge in [0.1, 0.15) is 30.5 Å². The highest BCUT2D eigenvalue weighted by atomic mass is 16.8. The molecule has 2 heterocycles. The lowest BCUT2D eigenvalue weighted by atomic mass is 9.91. The van der Waals surface area contributed by atoms with E-state index in [9.17, 15) is 14.4 Å². The van der Waals surface area contributed by atoms with Crippen molar-refractivity contribution in [2.45, 2.75) is 82.0 Å². The van der Waals surface area contributed by atoms with Gasteiger partial charge < -0.3 is 33.2 Å². The minimum atomic E-state index is -1.29. The van der Waals surface area contributed by atoms with Crippen molar-refractivity contribution in [2.75, 3.05) is 7.11 Å². The second-order valence-corrected chi connectivity index (χ2v) is 11.8. The molecule has 0 radical (unpaired) electrons. The van der Waals surface area contributed by atoms with Crippen molar-refractivity contribution in [3.8, 4) is 0 Å². The fraction of sp³-hybridized carbons (Fsp3) is 0.378. The van der Waals surface area contributed by atoms with Crippen LogP contribution in [0.25, 0.3) is 0 Å². The van der Waals surface area contributed by atoms with Crippen LogP contribution in [0, 0.1) is 0 Å². The number of carbonyl (C=O) groups is 3. The van der Waals surface area contributed by atoms with Gasteiger partial charge in [-0.15, -0.1) is 0 Å². The molecular formula is C37H40O10. The third kappa shape index (κ3) is 8.59. The highest BCUT2D eigenvalue weighted by Crippen LogP contribution is 2.36. The molecule has 5 rings (SSSR count). The molecule has 7 atom stereocenters. The Morgan fingerprint density at radius 3 is 2.02 bits per heavy atom. The maximum absolute atomic E-state index is 14.2. The first kappa shape index (κ1) is 34.2. The first-order chi connectivity index (χ1) is 22.7. The van der Waals surface area contributed by atoms with Crippen LogP contribution < -0.4 is 0 Å². The zero-order valence-corrected chi connectivity index (χ0v) is 26.7. The number of benzene rings is 3. The van der Waals surface area contributed by atoms with Crippen LogP contribution in [0.3, 0.4) is 0 Å². The van der Waals surface area contributed by atoms with Gasteiger partial charge in [-0.05, 0) is 43.2 Å². The summed E-state index contributed by atoms with van der Waals surface area (Å²) < 4.78 is 41.9. The number of ether oxygens (including phenoxy) is 7. The number of hydrogen-bond donors (Lipinski definition) is 0. The number of esters is 2. The Morgan fingerprint density at radius 1 is 0.872 bits per heavy atom. The molecule has 47 heavy (non-hydrogen) atoms. The normalized spacial score (nSPS) is 25.9. The van der Waals surface area contributed by atoms with Crippen molar-refractivity contribution in [2.24, 2.45) is 0 Å². The lowest BCUT2D eigenvalue weighted by molar-refractivity contribution is -0.217. The number of hydrogen-bond acceptors (Lipinski definition) is 10. The van der Waals surface area contributed by atoms with E-state index in [0.717, 1.165) is 11.1 Å². The summed E-state index contributed by atoms with van der Waals surface area (Å²) in [5, 5.41) is 0. The molecule has 10 heteroatoms. The summed E-state index contributed by atoms with van der Waals surface area (Å²) in [6.45, 7) is 7.50. The smallest absolute Gasteiger partial charge is 0.338 e. The monoisotopic (exact) mass is 644 g/mol. The Kier molecular flexibility index (Phi) is 11.3. The van der Waals surface area contributed by atoms with E-state index in [0.29, 0.717) is 5.56 Å². The fourth-order valence-corrected chi connectivity index (χ4v) is 5.73. The average Bonchev–Trinajstić information content (AvgIpc) is 3.40. The molecule has 2 saturated heterocycles. The third-order valence-electron chi connectivity index (χ3n) is 7.97. The van der Waals surface area contributed by atoms with E-state index in [-0.39, 0.29) is 19.6 Å². The third-order valence-corrected chi connectivity index (χ3v) is 7.97. The molecule has 0 unspecified atom stereocenters. The Balaban J connectivity index is 1.39. The molecule has 10 nitrogen and oxygen atoms in total. The maximum atomic E-state index is 14.2. The minimum Gasteiger partial charge on any atom is -0.467 e. The van der Waals surface area contributed by atoms with Gasteiger partial charge in [-0.3, -0.25) is 4.79 Å². The summed E-state index contributed by atoms with van der Waals surface area (Å²) in [4.78, 5) is 40.3. The summed E-state index contributed by atoms with van der Waals surface area (Å²) in [7, 11) is 1.24. The zero-order valence-electron chi connectivity index (χ0n) is 26.7. The molecule has 2 fully saturated rings. The molecule has 2 aliphatic rings. The lowest BCUT2D eigenvalue weighted by Crippen LogP contribution is -2.60.